The maximum atomic E-state index is 13.9. The van der Waals surface area contributed by atoms with Crippen LogP contribution in [0, 0.1) is 0 Å². The Balaban J connectivity index is 2.09. The Hall–Kier alpha value is -3.27. The first-order valence-electron chi connectivity index (χ1n) is 11.8. The van der Waals surface area contributed by atoms with Crippen molar-refractivity contribution < 1.29 is 22.7 Å². The third-order valence-electron chi connectivity index (χ3n) is 5.77. The van der Waals surface area contributed by atoms with E-state index in [0.717, 1.165) is 4.31 Å². The van der Waals surface area contributed by atoms with Crippen molar-refractivity contribution in [2.75, 3.05) is 24.5 Å². The molecule has 202 valence electrons. The average molecular weight is 579 g/mol. The minimum absolute atomic E-state index is 0.0376. The molecule has 8 nitrogen and oxygen atoms in total. The van der Waals surface area contributed by atoms with Gasteiger partial charge in [-0.1, -0.05) is 47.5 Å². The lowest BCUT2D eigenvalue weighted by molar-refractivity contribution is -0.139. The Morgan fingerprint density at radius 1 is 0.974 bits per heavy atom. The van der Waals surface area contributed by atoms with E-state index in [4.69, 9.17) is 27.9 Å². The number of benzene rings is 3. The summed E-state index contributed by atoms with van der Waals surface area (Å²) in [6, 6.07) is 18.2. The highest BCUT2D eigenvalue weighted by molar-refractivity contribution is 7.92. The maximum Gasteiger partial charge on any atom is 0.264 e. The van der Waals surface area contributed by atoms with Gasteiger partial charge >= 0.3 is 0 Å². The summed E-state index contributed by atoms with van der Waals surface area (Å²) in [6.45, 7) is 3.09. The predicted octanol–water partition coefficient (Wildman–Crippen LogP) is 4.75. The quantitative estimate of drug-likeness (QED) is 0.354. The van der Waals surface area contributed by atoms with Gasteiger partial charge in [0.15, 0.2) is 0 Å². The molecule has 0 saturated carbocycles. The number of para-hydroxylation sites is 2. The zero-order valence-electron chi connectivity index (χ0n) is 21.2. The fourth-order valence-electron chi connectivity index (χ4n) is 3.81. The van der Waals surface area contributed by atoms with Crippen LogP contribution in [0.25, 0.3) is 0 Å². The van der Waals surface area contributed by atoms with Crippen molar-refractivity contribution in [3.8, 4) is 5.75 Å². The zero-order chi connectivity index (χ0) is 27.9. The average Bonchev–Trinajstić information content (AvgIpc) is 2.90. The molecule has 0 aliphatic rings. The number of nitrogens with one attached hydrogen (secondary N) is 1. The number of ether oxygens (including phenoxy) is 1. The largest absolute Gasteiger partial charge is 0.492 e. The van der Waals surface area contributed by atoms with E-state index in [0.29, 0.717) is 21.4 Å². The molecule has 0 aromatic heterocycles. The molecule has 0 radical (unpaired) electrons. The number of carbonyl (C=O) groups is 2. The van der Waals surface area contributed by atoms with Crippen molar-refractivity contribution in [3.63, 3.8) is 0 Å². The van der Waals surface area contributed by atoms with Gasteiger partial charge in [0.05, 0.1) is 17.2 Å². The van der Waals surface area contributed by atoms with Crippen LogP contribution in [0.4, 0.5) is 5.69 Å². The summed E-state index contributed by atoms with van der Waals surface area (Å²) in [5, 5.41) is 3.39. The maximum absolute atomic E-state index is 13.9. The van der Waals surface area contributed by atoms with E-state index in [2.05, 4.69) is 5.32 Å². The first-order valence-corrected chi connectivity index (χ1v) is 14.0. The summed E-state index contributed by atoms with van der Waals surface area (Å²) >= 11 is 12.1. The molecule has 0 spiro atoms. The van der Waals surface area contributed by atoms with Crippen molar-refractivity contribution in [1.82, 2.24) is 10.2 Å². The minimum Gasteiger partial charge on any atom is -0.492 e. The molecule has 3 aromatic rings. The molecule has 0 fully saturated rings. The minimum atomic E-state index is -4.25. The number of halogens is 2. The van der Waals surface area contributed by atoms with Crippen LogP contribution in [-0.4, -0.2) is 51.4 Å². The van der Waals surface area contributed by atoms with E-state index in [9.17, 15) is 18.0 Å². The molecule has 11 heteroatoms. The highest BCUT2D eigenvalue weighted by Crippen LogP contribution is 2.33. The molecule has 0 bridgehead atoms. The number of rotatable bonds is 11. The number of sulfonamides is 1. The number of hydrogen-bond donors (Lipinski definition) is 1. The van der Waals surface area contributed by atoms with Crippen LogP contribution in [0.15, 0.2) is 77.7 Å². The molecule has 3 rings (SSSR count). The van der Waals surface area contributed by atoms with Crippen LogP contribution in [0.1, 0.15) is 19.4 Å². The summed E-state index contributed by atoms with van der Waals surface area (Å²) in [5.74, 6) is -0.701. The van der Waals surface area contributed by atoms with E-state index >= 15 is 0 Å². The summed E-state index contributed by atoms with van der Waals surface area (Å²) in [4.78, 5) is 27.7. The molecular formula is C27H29Cl2N3O5S. The van der Waals surface area contributed by atoms with Crippen LogP contribution in [0.2, 0.25) is 10.0 Å². The number of likely N-dealkylation sites (N-methyl/N-ethyl adjacent to an activating group) is 1. The number of anilines is 1. The Morgan fingerprint density at radius 2 is 1.66 bits per heavy atom. The van der Waals surface area contributed by atoms with Crippen LogP contribution in [0.5, 0.6) is 5.75 Å². The highest BCUT2D eigenvalue weighted by Gasteiger charge is 2.33. The normalized spacial score (nSPS) is 11.9. The van der Waals surface area contributed by atoms with Crippen molar-refractivity contribution in [1.29, 1.82) is 0 Å². The summed E-state index contributed by atoms with van der Waals surface area (Å²) < 4.78 is 34.4. The van der Waals surface area contributed by atoms with Crippen LogP contribution < -0.4 is 14.4 Å². The fraction of sp³-hybridized carbons (Fsp3) is 0.259. The Morgan fingerprint density at radius 3 is 2.29 bits per heavy atom. The molecule has 0 aliphatic heterocycles. The van der Waals surface area contributed by atoms with Gasteiger partial charge in [-0.2, -0.15) is 0 Å². The van der Waals surface area contributed by atoms with Gasteiger partial charge in [0.2, 0.25) is 11.8 Å². The van der Waals surface area contributed by atoms with Gasteiger partial charge in [-0.3, -0.25) is 13.9 Å². The lowest BCUT2D eigenvalue weighted by Crippen LogP contribution is -2.50. The smallest absolute Gasteiger partial charge is 0.264 e. The fourth-order valence-corrected chi connectivity index (χ4v) is 5.57. The molecule has 2 amide bonds. The molecular weight excluding hydrogens is 549 g/mol. The van der Waals surface area contributed by atoms with Crippen molar-refractivity contribution >= 4 is 50.7 Å². The monoisotopic (exact) mass is 577 g/mol. The van der Waals surface area contributed by atoms with Crippen molar-refractivity contribution in [2.45, 2.75) is 31.3 Å². The van der Waals surface area contributed by atoms with E-state index in [1.165, 1.54) is 36.2 Å². The third kappa shape index (κ3) is 6.98. The topological polar surface area (TPSA) is 96.0 Å². The van der Waals surface area contributed by atoms with Crippen molar-refractivity contribution in [2.24, 2.45) is 0 Å². The van der Waals surface area contributed by atoms with Crippen LogP contribution in [0.3, 0.4) is 0 Å². The van der Waals surface area contributed by atoms with Gasteiger partial charge in [-0.25, -0.2) is 8.42 Å². The lowest BCUT2D eigenvalue weighted by atomic mass is 10.1. The van der Waals surface area contributed by atoms with Gasteiger partial charge < -0.3 is 15.0 Å². The summed E-state index contributed by atoms with van der Waals surface area (Å²) in [6.07, 6.45) is 0. The second-order valence-corrected chi connectivity index (χ2v) is 11.0. The van der Waals surface area contributed by atoms with Gasteiger partial charge in [-0.15, -0.1) is 0 Å². The Kier molecular flexibility index (Phi) is 10.0. The number of carbonyl (C=O) groups excluding carboxylic acids is 2. The van der Waals surface area contributed by atoms with Gasteiger partial charge in [0.25, 0.3) is 10.0 Å². The molecule has 38 heavy (non-hydrogen) atoms. The Labute approximate surface area is 233 Å². The van der Waals surface area contributed by atoms with Crippen LogP contribution >= 0.6 is 23.2 Å². The van der Waals surface area contributed by atoms with E-state index < -0.39 is 34.4 Å². The Bertz CT molecular complexity index is 1380. The van der Waals surface area contributed by atoms with Gasteiger partial charge in [0, 0.05) is 23.6 Å². The molecule has 1 atom stereocenters. The molecule has 0 saturated heterocycles. The molecule has 0 unspecified atom stereocenters. The van der Waals surface area contributed by atoms with Crippen LogP contribution in [-0.2, 0) is 26.2 Å². The highest BCUT2D eigenvalue weighted by atomic mass is 35.5. The van der Waals surface area contributed by atoms with Gasteiger partial charge in [-0.05, 0) is 67.9 Å². The standard InChI is InChI=1S/C27H29Cl2N3O5S/c1-4-37-25-11-6-5-10-24(25)32(38(35,36)23-14-12-21(28)13-15-23)18-26(33)31(19(2)27(34)30-3)17-20-8-7-9-22(29)16-20/h5-16,19H,4,17-18H2,1-3H3,(H,30,34)/t19-/m0/s1. The number of nitrogens with zero attached hydrogens (tertiary/aromatic N) is 2. The van der Waals surface area contributed by atoms with Gasteiger partial charge in [0.1, 0.15) is 18.3 Å². The van der Waals surface area contributed by atoms with E-state index in [-0.39, 0.29) is 23.7 Å². The SMILES string of the molecule is CCOc1ccccc1N(CC(=O)N(Cc1cccc(Cl)c1)[C@@H](C)C(=O)NC)S(=O)(=O)c1ccc(Cl)cc1. The van der Waals surface area contributed by atoms with E-state index in [1.54, 1.807) is 62.4 Å². The third-order valence-corrected chi connectivity index (χ3v) is 8.03. The molecule has 0 heterocycles. The molecule has 3 aromatic carbocycles. The summed E-state index contributed by atoms with van der Waals surface area (Å²) in [5.41, 5.74) is 0.872. The summed E-state index contributed by atoms with van der Waals surface area (Å²) in [7, 11) is -2.78. The van der Waals surface area contributed by atoms with E-state index in [1.807, 2.05) is 0 Å². The first kappa shape index (κ1) is 29.3. The second kappa shape index (κ2) is 13.0. The number of amides is 2. The van der Waals surface area contributed by atoms with Crippen molar-refractivity contribution in [3.05, 3.63) is 88.4 Å². The second-order valence-electron chi connectivity index (χ2n) is 8.31. The number of hydrogen-bond acceptors (Lipinski definition) is 5. The lowest BCUT2D eigenvalue weighted by Gasteiger charge is -2.32. The first-order chi connectivity index (χ1) is 18.1. The predicted molar refractivity (Wildman–Crippen MR) is 149 cm³/mol. The molecule has 0 aliphatic carbocycles. The zero-order valence-corrected chi connectivity index (χ0v) is 23.6. The molecule has 1 N–H and O–H groups in total.